The molecule has 0 spiro atoms. The lowest BCUT2D eigenvalue weighted by Crippen LogP contribution is -2.46. The molecule has 1 atom stereocenters. The number of carbonyl (C=O) groups excluding carboxylic acids is 2. The maximum Gasteiger partial charge on any atom is 0.319 e. The van der Waals surface area contributed by atoms with Crippen LogP contribution in [0.25, 0.3) is 0 Å². The van der Waals surface area contributed by atoms with Crippen LogP contribution in [0.5, 0.6) is 0 Å². The minimum absolute atomic E-state index is 0.257. The second kappa shape index (κ2) is 7.58. The summed E-state index contributed by atoms with van der Waals surface area (Å²) < 4.78 is 0. The Kier molecular flexibility index (Phi) is 5.23. The number of amides is 3. The number of aryl methyl sites for hydroxylation is 1. The molecule has 6 nitrogen and oxygen atoms in total. The van der Waals surface area contributed by atoms with Crippen LogP contribution in [0.3, 0.4) is 0 Å². The maximum atomic E-state index is 12.2. The first kappa shape index (κ1) is 17.9. The van der Waals surface area contributed by atoms with Crippen LogP contribution in [-0.2, 0) is 13.0 Å². The number of primary amides is 1. The normalized spacial score (nSPS) is 16.6. The number of carbonyl (C=O) groups is 2. The van der Waals surface area contributed by atoms with Crippen LogP contribution in [0.1, 0.15) is 27.0 Å². The van der Waals surface area contributed by atoms with Gasteiger partial charge in [-0.3, -0.25) is 9.69 Å². The lowest BCUT2D eigenvalue weighted by molar-refractivity contribution is 0.1000. The molecule has 2 aromatic carbocycles. The quantitative estimate of drug-likeness (QED) is 0.789. The zero-order chi connectivity index (χ0) is 18.7. The molecule has 0 bridgehead atoms. The average molecular weight is 352 g/mol. The fraction of sp³-hybridized carbons (Fsp3) is 0.300. The molecule has 0 unspecified atom stereocenters. The molecule has 26 heavy (non-hydrogen) atoms. The Labute approximate surface area is 153 Å². The number of nitrogens with zero attached hydrogens (tertiary/aromatic N) is 1. The number of benzene rings is 2. The Hall–Kier alpha value is -2.86. The van der Waals surface area contributed by atoms with E-state index in [1.54, 1.807) is 18.2 Å². The van der Waals surface area contributed by atoms with Crippen molar-refractivity contribution in [3.8, 4) is 0 Å². The molecule has 0 fully saturated rings. The summed E-state index contributed by atoms with van der Waals surface area (Å²) in [5, 5.41) is 5.77. The van der Waals surface area contributed by atoms with Gasteiger partial charge in [-0.25, -0.2) is 4.79 Å². The van der Waals surface area contributed by atoms with Crippen molar-refractivity contribution < 1.29 is 9.59 Å². The summed E-state index contributed by atoms with van der Waals surface area (Å²) in [4.78, 5) is 25.7. The van der Waals surface area contributed by atoms with Gasteiger partial charge >= 0.3 is 6.03 Å². The topological polar surface area (TPSA) is 87.5 Å². The molecule has 1 aliphatic heterocycles. The minimum Gasteiger partial charge on any atom is -0.366 e. The third-order valence-electron chi connectivity index (χ3n) is 4.87. The van der Waals surface area contributed by atoms with Crippen LogP contribution in [-0.4, -0.2) is 36.5 Å². The van der Waals surface area contributed by atoms with Gasteiger partial charge < -0.3 is 16.4 Å². The second-order valence-corrected chi connectivity index (χ2v) is 6.77. The highest BCUT2D eigenvalue weighted by atomic mass is 16.2. The second-order valence-electron chi connectivity index (χ2n) is 6.77. The van der Waals surface area contributed by atoms with Gasteiger partial charge in [0.2, 0.25) is 5.91 Å². The van der Waals surface area contributed by atoms with E-state index in [1.807, 2.05) is 6.92 Å². The van der Waals surface area contributed by atoms with Gasteiger partial charge in [0.05, 0.1) is 0 Å². The van der Waals surface area contributed by atoms with Crippen LogP contribution in [0.2, 0.25) is 0 Å². The predicted octanol–water partition coefficient (Wildman–Crippen LogP) is 2.27. The zero-order valence-corrected chi connectivity index (χ0v) is 15.1. The van der Waals surface area contributed by atoms with Crippen molar-refractivity contribution in [2.45, 2.75) is 25.9 Å². The van der Waals surface area contributed by atoms with E-state index in [0.717, 1.165) is 18.5 Å². The smallest absolute Gasteiger partial charge is 0.319 e. The molecule has 1 aliphatic rings. The van der Waals surface area contributed by atoms with Crippen LogP contribution in [0, 0.1) is 6.92 Å². The summed E-state index contributed by atoms with van der Waals surface area (Å²) in [7, 11) is 2.08. The number of hydrogen-bond acceptors (Lipinski definition) is 3. The van der Waals surface area contributed by atoms with E-state index in [4.69, 9.17) is 5.73 Å². The zero-order valence-electron chi connectivity index (χ0n) is 15.1. The fourth-order valence-electron chi connectivity index (χ4n) is 3.28. The maximum absolute atomic E-state index is 12.2. The molecular formula is C20H24N4O2. The number of rotatable bonds is 4. The first-order valence-corrected chi connectivity index (χ1v) is 8.66. The van der Waals surface area contributed by atoms with Crippen molar-refractivity contribution in [3.05, 3.63) is 64.7 Å². The third kappa shape index (κ3) is 4.03. The highest BCUT2D eigenvalue weighted by molar-refractivity contribution is 5.95. The summed E-state index contributed by atoms with van der Waals surface area (Å²) in [5.41, 5.74) is 9.84. The molecule has 0 aromatic heterocycles. The number of hydrogen-bond donors (Lipinski definition) is 3. The Morgan fingerprint density at radius 3 is 2.62 bits per heavy atom. The summed E-state index contributed by atoms with van der Waals surface area (Å²) in [6.45, 7) is 3.28. The molecule has 3 rings (SSSR count). The molecule has 1 heterocycles. The largest absolute Gasteiger partial charge is 0.366 e. The molecule has 6 heteroatoms. The van der Waals surface area contributed by atoms with Gasteiger partial charge in [0.15, 0.2) is 0 Å². The van der Waals surface area contributed by atoms with Crippen molar-refractivity contribution in [2.75, 3.05) is 18.9 Å². The number of fused-ring (bicyclic) bond motifs is 1. The van der Waals surface area contributed by atoms with Gasteiger partial charge in [-0.1, -0.05) is 24.3 Å². The highest BCUT2D eigenvalue weighted by Gasteiger charge is 2.23. The number of nitrogens with two attached hydrogens (primary N) is 1. The van der Waals surface area contributed by atoms with Crippen LogP contribution in [0.15, 0.2) is 42.5 Å². The van der Waals surface area contributed by atoms with Crippen molar-refractivity contribution in [3.63, 3.8) is 0 Å². The number of likely N-dealkylation sites (N-methyl/N-ethyl adjacent to an activating group) is 1. The molecule has 0 aliphatic carbocycles. The third-order valence-corrected chi connectivity index (χ3v) is 4.87. The first-order valence-electron chi connectivity index (χ1n) is 8.66. The van der Waals surface area contributed by atoms with Gasteiger partial charge in [-0.15, -0.1) is 0 Å². The summed E-state index contributed by atoms with van der Waals surface area (Å²) in [6.07, 6.45) is 0.916. The molecule has 136 valence electrons. The molecular weight excluding hydrogens is 328 g/mol. The lowest BCUT2D eigenvalue weighted by Gasteiger charge is -2.34. The summed E-state index contributed by atoms with van der Waals surface area (Å²) >= 11 is 0. The van der Waals surface area contributed by atoms with Crippen LogP contribution in [0.4, 0.5) is 10.5 Å². The number of anilines is 1. The van der Waals surface area contributed by atoms with E-state index in [1.165, 1.54) is 11.1 Å². The number of urea groups is 1. The molecule has 2 aromatic rings. The van der Waals surface area contributed by atoms with Gasteiger partial charge in [0, 0.05) is 30.4 Å². The first-order chi connectivity index (χ1) is 12.4. The average Bonchev–Trinajstić information content (AvgIpc) is 2.61. The Balaban J connectivity index is 1.57. The van der Waals surface area contributed by atoms with E-state index >= 15 is 0 Å². The molecule has 0 radical (unpaired) electrons. The van der Waals surface area contributed by atoms with Gasteiger partial charge in [0.1, 0.15) is 0 Å². The molecule has 3 amide bonds. The highest BCUT2D eigenvalue weighted by Crippen LogP contribution is 2.21. The molecule has 0 saturated carbocycles. The SMILES string of the molecule is Cc1cc(C(N)=O)ccc1NC(=O)NC[C@@H]1Cc2ccccc2CN1C. The van der Waals surface area contributed by atoms with Crippen molar-refractivity contribution in [1.29, 1.82) is 0 Å². The predicted molar refractivity (Wildman–Crippen MR) is 102 cm³/mol. The molecule has 4 N–H and O–H groups in total. The van der Waals surface area contributed by atoms with E-state index in [-0.39, 0.29) is 12.1 Å². The van der Waals surface area contributed by atoms with Gasteiger partial charge in [-0.05, 0) is 55.3 Å². The van der Waals surface area contributed by atoms with E-state index in [9.17, 15) is 9.59 Å². The van der Waals surface area contributed by atoms with Gasteiger partial charge in [0.25, 0.3) is 0 Å². The van der Waals surface area contributed by atoms with Crippen molar-refractivity contribution in [1.82, 2.24) is 10.2 Å². The Bertz CT molecular complexity index is 834. The van der Waals surface area contributed by atoms with E-state index < -0.39 is 5.91 Å². The monoisotopic (exact) mass is 352 g/mol. The minimum atomic E-state index is -0.482. The summed E-state index contributed by atoms with van der Waals surface area (Å²) in [6, 6.07) is 13.4. The van der Waals surface area contributed by atoms with Crippen LogP contribution >= 0.6 is 0 Å². The standard InChI is InChI=1S/C20H24N4O2/c1-13-9-15(19(21)25)7-8-18(13)23-20(26)22-11-17-10-14-5-3-4-6-16(14)12-24(17)2/h3-9,17H,10-12H2,1-2H3,(H2,21,25)(H2,22,23,26)/t17-/m0/s1. The lowest BCUT2D eigenvalue weighted by atomic mass is 9.94. The van der Waals surface area contributed by atoms with E-state index in [2.05, 4.69) is 46.8 Å². The number of nitrogens with one attached hydrogen (secondary N) is 2. The van der Waals surface area contributed by atoms with Gasteiger partial charge in [-0.2, -0.15) is 0 Å². The molecule has 0 saturated heterocycles. The summed E-state index contributed by atoms with van der Waals surface area (Å²) in [5.74, 6) is -0.482. The Morgan fingerprint density at radius 2 is 1.92 bits per heavy atom. The Morgan fingerprint density at radius 1 is 1.19 bits per heavy atom. The van der Waals surface area contributed by atoms with Crippen molar-refractivity contribution >= 4 is 17.6 Å². The van der Waals surface area contributed by atoms with Crippen molar-refractivity contribution in [2.24, 2.45) is 5.73 Å². The fourth-order valence-corrected chi connectivity index (χ4v) is 3.28. The van der Waals surface area contributed by atoms with E-state index in [0.29, 0.717) is 17.8 Å². The van der Waals surface area contributed by atoms with Crippen LogP contribution < -0.4 is 16.4 Å².